The number of rotatable bonds is 7. The summed E-state index contributed by atoms with van der Waals surface area (Å²) in [7, 11) is 0. The Morgan fingerprint density at radius 3 is 1.50 bits per heavy atom. The van der Waals surface area contributed by atoms with Crippen molar-refractivity contribution in [1.82, 2.24) is 29.7 Å². The molecule has 2 fully saturated rings. The topological polar surface area (TPSA) is 122 Å². The molecule has 0 atom stereocenters. The van der Waals surface area contributed by atoms with E-state index in [-0.39, 0.29) is 30.7 Å². The minimum Gasteiger partial charge on any atom is -0.506 e. The highest BCUT2D eigenvalue weighted by Crippen LogP contribution is 2.27. The van der Waals surface area contributed by atoms with E-state index in [0.717, 1.165) is 0 Å². The van der Waals surface area contributed by atoms with Crippen molar-refractivity contribution in [2.75, 3.05) is 80.1 Å². The van der Waals surface area contributed by atoms with Crippen LogP contribution < -0.4 is 14.7 Å². The monoisotopic (exact) mass is 517 g/mol. The zero-order valence-corrected chi connectivity index (χ0v) is 21.1. The van der Waals surface area contributed by atoms with E-state index in [9.17, 15) is 14.7 Å². The van der Waals surface area contributed by atoms with Gasteiger partial charge in [0.05, 0.1) is 18.8 Å². The number of benzene rings is 1. The summed E-state index contributed by atoms with van der Waals surface area (Å²) >= 11 is 0. The molecule has 0 saturated carbocycles. The number of piperazine rings is 2. The third kappa shape index (κ3) is 5.90. The number of amides is 2. The van der Waals surface area contributed by atoms with Crippen LogP contribution in [0.2, 0.25) is 0 Å². The molecule has 38 heavy (non-hydrogen) atoms. The summed E-state index contributed by atoms with van der Waals surface area (Å²) < 4.78 is 0. The number of carbonyl (C=O) groups excluding carboxylic acids is 2. The van der Waals surface area contributed by atoms with Crippen molar-refractivity contribution in [2.24, 2.45) is 0 Å². The molecule has 0 aliphatic carbocycles. The van der Waals surface area contributed by atoms with E-state index < -0.39 is 0 Å². The number of phenols is 1. The molecule has 2 amide bonds. The molecule has 0 spiro atoms. The Kier molecular flexibility index (Phi) is 7.76. The van der Waals surface area contributed by atoms with Crippen LogP contribution in [0, 0.1) is 0 Å². The van der Waals surface area contributed by atoms with E-state index in [4.69, 9.17) is 0 Å². The molecule has 2 aliphatic heterocycles. The highest BCUT2D eigenvalue weighted by Gasteiger charge is 2.28. The lowest BCUT2D eigenvalue weighted by atomic mass is 10.2. The lowest BCUT2D eigenvalue weighted by molar-refractivity contribution is -0.131. The Labute approximate surface area is 221 Å². The van der Waals surface area contributed by atoms with Gasteiger partial charge in [-0.3, -0.25) is 9.59 Å². The second-order valence-electron chi connectivity index (χ2n) is 9.18. The van der Waals surface area contributed by atoms with Gasteiger partial charge in [0.1, 0.15) is 5.75 Å². The summed E-state index contributed by atoms with van der Waals surface area (Å²) in [5.41, 5.74) is 0.460. The van der Waals surface area contributed by atoms with Crippen LogP contribution in [-0.4, -0.2) is 112 Å². The van der Waals surface area contributed by atoms with Crippen LogP contribution in [0.3, 0.4) is 0 Å². The van der Waals surface area contributed by atoms with Crippen molar-refractivity contribution in [3.63, 3.8) is 0 Å². The minimum atomic E-state index is -0.0965. The Balaban J connectivity index is 1.21. The molecule has 2 saturated heterocycles. The van der Waals surface area contributed by atoms with Crippen molar-refractivity contribution >= 4 is 29.4 Å². The average molecular weight is 518 g/mol. The van der Waals surface area contributed by atoms with Crippen molar-refractivity contribution in [3.05, 3.63) is 61.2 Å². The number of aromatic hydroxyl groups is 1. The summed E-state index contributed by atoms with van der Waals surface area (Å²) in [5.74, 6) is 1.14. The van der Waals surface area contributed by atoms with Gasteiger partial charge in [0.2, 0.25) is 23.7 Å². The number of para-hydroxylation sites is 2. The number of hydrogen-bond donors (Lipinski definition) is 1. The number of aromatic nitrogens is 4. The lowest BCUT2D eigenvalue weighted by Crippen LogP contribution is -2.54. The molecule has 198 valence electrons. The number of nitrogens with zero attached hydrogens (tertiary/aromatic N) is 9. The normalized spacial score (nSPS) is 15.9. The number of phenolic OH excluding ortho intramolecular Hbond substituents is 1. The van der Waals surface area contributed by atoms with E-state index in [1.54, 1.807) is 75.9 Å². The molecule has 12 nitrogen and oxygen atoms in total. The standard InChI is InChI=1S/C26H31N9O3/c36-22-6-2-1-5-21(22)35(19-23(37)31-11-15-33(16-12-31)25-27-7-3-8-28-25)20-24(38)32-13-17-34(18-14-32)26-29-9-4-10-30-26/h1-10,36H,11-20H2. The Hall–Kier alpha value is -4.48. The maximum atomic E-state index is 13.3. The smallest absolute Gasteiger partial charge is 0.242 e. The van der Waals surface area contributed by atoms with Crippen LogP contribution in [0.5, 0.6) is 5.75 Å². The fourth-order valence-electron chi connectivity index (χ4n) is 4.71. The molecule has 1 aromatic carbocycles. The molecule has 3 aromatic rings. The lowest BCUT2D eigenvalue weighted by Gasteiger charge is -2.37. The molecule has 0 radical (unpaired) electrons. The number of anilines is 3. The maximum absolute atomic E-state index is 13.3. The van der Waals surface area contributed by atoms with Gasteiger partial charge in [-0.25, -0.2) is 19.9 Å². The van der Waals surface area contributed by atoms with Crippen molar-refractivity contribution in [1.29, 1.82) is 0 Å². The van der Waals surface area contributed by atoms with Gasteiger partial charge in [-0.05, 0) is 24.3 Å². The second kappa shape index (κ2) is 11.7. The van der Waals surface area contributed by atoms with Crippen LogP contribution >= 0.6 is 0 Å². The zero-order chi connectivity index (χ0) is 26.3. The van der Waals surface area contributed by atoms with Gasteiger partial charge >= 0.3 is 0 Å². The predicted molar refractivity (Wildman–Crippen MR) is 142 cm³/mol. The molecule has 0 unspecified atom stereocenters. The van der Waals surface area contributed by atoms with Gasteiger partial charge in [0.25, 0.3) is 0 Å². The van der Waals surface area contributed by atoms with E-state index >= 15 is 0 Å². The molecule has 1 N–H and O–H groups in total. The first-order valence-corrected chi connectivity index (χ1v) is 12.7. The van der Waals surface area contributed by atoms with Gasteiger partial charge in [0.15, 0.2) is 0 Å². The second-order valence-corrected chi connectivity index (χ2v) is 9.18. The summed E-state index contributed by atoms with van der Waals surface area (Å²) in [6.45, 7) is 4.60. The van der Waals surface area contributed by atoms with Gasteiger partial charge in [-0.1, -0.05) is 12.1 Å². The Bertz CT molecular complexity index is 1140. The van der Waals surface area contributed by atoms with E-state index in [2.05, 4.69) is 19.9 Å². The largest absolute Gasteiger partial charge is 0.506 e. The fraction of sp³-hybridized carbons (Fsp3) is 0.385. The van der Waals surface area contributed by atoms with Crippen LogP contribution in [0.4, 0.5) is 17.6 Å². The highest BCUT2D eigenvalue weighted by atomic mass is 16.3. The molecular weight excluding hydrogens is 486 g/mol. The first-order chi connectivity index (χ1) is 18.6. The third-order valence-electron chi connectivity index (χ3n) is 6.81. The summed E-state index contributed by atoms with van der Waals surface area (Å²) in [6, 6.07) is 10.3. The molecule has 2 aliphatic rings. The first kappa shape index (κ1) is 25.2. The van der Waals surface area contributed by atoms with E-state index in [1.165, 1.54) is 0 Å². The van der Waals surface area contributed by atoms with Crippen LogP contribution in [0.1, 0.15) is 0 Å². The quantitative estimate of drug-likeness (QED) is 0.473. The van der Waals surface area contributed by atoms with Crippen molar-refractivity contribution in [2.45, 2.75) is 0 Å². The van der Waals surface area contributed by atoms with Crippen molar-refractivity contribution in [3.8, 4) is 5.75 Å². The van der Waals surface area contributed by atoms with E-state index in [0.29, 0.717) is 69.9 Å². The zero-order valence-electron chi connectivity index (χ0n) is 21.1. The number of carbonyl (C=O) groups is 2. The highest BCUT2D eigenvalue weighted by molar-refractivity contribution is 5.87. The van der Waals surface area contributed by atoms with Crippen LogP contribution in [-0.2, 0) is 9.59 Å². The Morgan fingerprint density at radius 2 is 1.08 bits per heavy atom. The molecule has 4 heterocycles. The molecule has 0 bridgehead atoms. The van der Waals surface area contributed by atoms with Crippen molar-refractivity contribution < 1.29 is 14.7 Å². The van der Waals surface area contributed by atoms with Gasteiger partial charge < -0.3 is 29.6 Å². The summed E-state index contributed by atoms with van der Waals surface area (Å²) in [5, 5.41) is 10.5. The van der Waals surface area contributed by atoms with Crippen LogP contribution in [0.15, 0.2) is 61.2 Å². The van der Waals surface area contributed by atoms with Crippen LogP contribution in [0.25, 0.3) is 0 Å². The predicted octanol–water partition coefficient (Wildman–Crippen LogP) is 0.476. The first-order valence-electron chi connectivity index (χ1n) is 12.7. The maximum Gasteiger partial charge on any atom is 0.242 e. The molecular formula is C26H31N9O3. The van der Waals surface area contributed by atoms with Gasteiger partial charge in [0, 0.05) is 77.1 Å². The van der Waals surface area contributed by atoms with E-state index in [1.807, 2.05) is 9.80 Å². The van der Waals surface area contributed by atoms with Gasteiger partial charge in [-0.15, -0.1) is 0 Å². The Morgan fingerprint density at radius 1 is 0.658 bits per heavy atom. The summed E-state index contributed by atoms with van der Waals surface area (Å²) in [4.78, 5) is 53.1. The fourth-order valence-corrected chi connectivity index (χ4v) is 4.71. The minimum absolute atomic E-state index is 0.0109. The number of hydrogen-bond acceptors (Lipinski definition) is 10. The molecule has 2 aromatic heterocycles. The SMILES string of the molecule is O=C(CN(CC(=O)N1CCN(c2ncccn2)CC1)c1ccccc1O)N1CCN(c2ncccn2)CC1. The third-order valence-corrected chi connectivity index (χ3v) is 6.81. The van der Waals surface area contributed by atoms with Gasteiger partial charge in [-0.2, -0.15) is 0 Å². The molecule has 12 heteroatoms. The molecule has 5 rings (SSSR count). The summed E-state index contributed by atoms with van der Waals surface area (Å²) in [6.07, 6.45) is 6.82. The average Bonchev–Trinajstić information content (AvgIpc) is 2.98.